The smallest absolute Gasteiger partial charge is 0.266 e. The van der Waals surface area contributed by atoms with E-state index in [9.17, 15) is 9.59 Å². The summed E-state index contributed by atoms with van der Waals surface area (Å²) >= 11 is 12.7. The third kappa shape index (κ3) is 5.78. The minimum Gasteiger partial charge on any atom is -0.493 e. The summed E-state index contributed by atoms with van der Waals surface area (Å²) in [5.41, 5.74) is 1.37. The van der Waals surface area contributed by atoms with E-state index in [1.54, 1.807) is 56.7 Å². The van der Waals surface area contributed by atoms with Gasteiger partial charge in [-0.05, 0) is 42.3 Å². The van der Waals surface area contributed by atoms with E-state index in [0.29, 0.717) is 44.4 Å². The largest absolute Gasteiger partial charge is 0.493 e. The molecule has 3 rings (SSSR count). The van der Waals surface area contributed by atoms with Gasteiger partial charge in [0.15, 0.2) is 11.5 Å². The van der Waals surface area contributed by atoms with Gasteiger partial charge in [0.2, 0.25) is 5.91 Å². The van der Waals surface area contributed by atoms with Crippen LogP contribution in [-0.4, -0.2) is 41.8 Å². The van der Waals surface area contributed by atoms with Crippen LogP contribution in [0.25, 0.3) is 6.08 Å². The van der Waals surface area contributed by atoms with Crippen molar-refractivity contribution in [2.24, 2.45) is 0 Å². The molecule has 2 aromatic carbocycles. The van der Waals surface area contributed by atoms with Gasteiger partial charge in [-0.3, -0.25) is 14.5 Å². The number of halogens is 1. The van der Waals surface area contributed by atoms with Gasteiger partial charge < -0.3 is 14.8 Å². The highest BCUT2D eigenvalue weighted by Crippen LogP contribution is 2.34. The van der Waals surface area contributed by atoms with E-state index in [-0.39, 0.29) is 18.2 Å². The van der Waals surface area contributed by atoms with Crippen molar-refractivity contribution in [3.05, 3.63) is 58.0 Å². The van der Waals surface area contributed by atoms with E-state index in [2.05, 4.69) is 5.32 Å². The number of para-hydroxylation sites is 1. The van der Waals surface area contributed by atoms with E-state index in [1.165, 1.54) is 16.7 Å². The zero-order valence-electron chi connectivity index (χ0n) is 17.0. The number of hydrogen-bond acceptors (Lipinski definition) is 6. The lowest BCUT2D eigenvalue weighted by Gasteiger charge is -2.14. The van der Waals surface area contributed by atoms with Gasteiger partial charge in [-0.1, -0.05) is 53.8 Å². The predicted octanol–water partition coefficient (Wildman–Crippen LogP) is 4.98. The Morgan fingerprint density at radius 2 is 1.94 bits per heavy atom. The van der Waals surface area contributed by atoms with Gasteiger partial charge in [0, 0.05) is 13.0 Å². The number of hydrogen-bond donors (Lipinski definition) is 1. The molecule has 0 bridgehead atoms. The van der Waals surface area contributed by atoms with E-state index >= 15 is 0 Å². The molecular weight excluding hydrogens is 456 g/mol. The van der Waals surface area contributed by atoms with Crippen molar-refractivity contribution in [2.75, 3.05) is 26.1 Å². The molecule has 0 radical (unpaired) electrons. The summed E-state index contributed by atoms with van der Waals surface area (Å²) in [5, 5.41) is 3.25. The predicted molar refractivity (Wildman–Crippen MR) is 129 cm³/mol. The van der Waals surface area contributed by atoms with Crippen LogP contribution in [0.15, 0.2) is 47.4 Å². The standard InChI is InChI=1S/C22H21ClN2O4S2/c1-28-17-10-9-14(12-18(17)29-2)13-19-21(27)25(22(30)31-19)11-5-8-20(26)24-16-7-4-3-6-15(16)23/h3-4,6-7,9-10,12-13H,5,8,11H2,1-2H3,(H,24,26). The molecule has 162 valence electrons. The second-order valence-electron chi connectivity index (χ2n) is 6.58. The molecule has 1 aliphatic heterocycles. The maximum absolute atomic E-state index is 12.8. The van der Waals surface area contributed by atoms with Crippen molar-refractivity contribution >= 4 is 63.5 Å². The number of carbonyl (C=O) groups is 2. The summed E-state index contributed by atoms with van der Waals surface area (Å²) in [6.07, 6.45) is 2.49. The van der Waals surface area contributed by atoms with Gasteiger partial charge in [-0.25, -0.2) is 0 Å². The summed E-state index contributed by atoms with van der Waals surface area (Å²) in [5.74, 6) is 0.856. The van der Waals surface area contributed by atoms with E-state index in [4.69, 9.17) is 33.3 Å². The Labute approximate surface area is 195 Å². The topological polar surface area (TPSA) is 67.9 Å². The molecular formula is C22H21ClN2O4S2. The lowest BCUT2D eigenvalue weighted by atomic mass is 10.2. The van der Waals surface area contributed by atoms with Gasteiger partial charge in [0.25, 0.3) is 5.91 Å². The Balaban J connectivity index is 1.58. The van der Waals surface area contributed by atoms with Crippen LogP contribution in [0.2, 0.25) is 5.02 Å². The normalized spacial score (nSPS) is 14.8. The van der Waals surface area contributed by atoms with Crippen LogP contribution in [-0.2, 0) is 9.59 Å². The molecule has 1 fully saturated rings. The Kier molecular flexibility index (Phi) is 7.95. The number of nitrogens with one attached hydrogen (secondary N) is 1. The van der Waals surface area contributed by atoms with Gasteiger partial charge in [-0.2, -0.15) is 0 Å². The average molecular weight is 477 g/mol. The average Bonchev–Trinajstić information content (AvgIpc) is 3.02. The lowest BCUT2D eigenvalue weighted by Crippen LogP contribution is -2.29. The van der Waals surface area contributed by atoms with E-state index in [0.717, 1.165) is 5.56 Å². The number of ether oxygens (including phenoxy) is 2. The van der Waals surface area contributed by atoms with Gasteiger partial charge in [0.05, 0.1) is 29.8 Å². The first-order chi connectivity index (χ1) is 14.9. The maximum atomic E-state index is 12.8. The van der Waals surface area contributed by atoms with Crippen LogP contribution >= 0.6 is 35.6 Å². The number of rotatable bonds is 8. The van der Waals surface area contributed by atoms with E-state index < -0.39 is 0 Å². The van der Waals surface area contributed by atoms with Crippen molar-refractivity contribution < 1.29 is 19.1 Å². The highest BCUT2D eigenvalue weighted by molar-refractivity contribution is 8.26. The number of carbonyl (C=O) groups excluding carboxylic acids is 2. The molecule has 0 unspecified atom stereocenters. The van der Waals surface area contributed by atoms with Crippen LogP contribution in [0.3, 0.4) is 0 Å². The van der Waals surface area contributed by atoms with Crippen LogP contribution in [0.4, 0.5) is 5.69 Å². The summed E-state index contributed by atoms with van der Waals surface area (Å²) < 4.78 is 11.0. The first-order valence-electron chi connectivity index (χ1n) is 9.44. The highest BCUT2D eigenvalue weighted by Gasteiger charge is 2.31. The fraction of sp³-hybridized carbons (Fsp3) is 0.227. The minimum absolute atomic E-state index is 0.167. The number of thiocarbonyl (C=S) groups is 1. The van der Waals surface area contributed by atoms with Crippen LogP contribution in [0.5, 0.6) is 11.5 Å². The quantitative estimate of drug-likeness (QED) is 0.428. The molecule has 0 aliphatic carbocycles. The monoisotopic (exact) mass is 476 g/mol. The molecule has 1 N–H and O–H groups in total. The second kappa shape index (κ2) is 10.7. The summed E-state index contributed by atoms with van der Waals surface area (Å²) in [7, 11) is 3.13. The molecule has 9 heteroatoms. The summed E-state index contributed by atoms with van der Waals surface area (Å²) in [4.78, 5) is 27.0. The Morgan fingerprint density at radius 1 is 1.19 bits per heavy atom. The van der Waals surface area contributed by atoms with Crippen molar-refractivity contribution in [2.45, 2.75) is 12.8 Å². The van der Waals surface area contributed by atoms with Crippen molar-refractivity contribution in [1.29, 1.82) is 0 Å². The highest BCUT2D eigenvalue weighted by atomic mass is 35.5. The zero-order valence-corrected chi connectivity index (χ0v) is 19.4. The van der Waals surface area contributed by atoms with Crippen LogP contribution in [0, 0.1) is 0 Å². The summed E-state index contributed by atoms with van der Waals surface area (Å²) in [6.45, 7) is 0.365. The number of nitrogens with zero attached hydrogens (tertiary/aromatic N) is 1. The third-order valence-corrected chi connectivity index (χ3v) is 6.22. The molecule has 0 spiro atoms. The van der Waals surface area contributed by atoms with E-state index in [1.807, 2.05) is 6.07 Å². The third-order valence-electron chi connectivity index (χ3n) is 4.51. The molecule has 31 heavy (non-hydrogen) atoms. The maximum Gasteiger partial charge on any atom is 0.266 e. The van der Waals surface area contributed by atoms with Crippen LogP contribution in [0.1, 0.15) is 18.4 Å². The molecule has 2 aromatic rings. The molecule has 0 saturated carbocycles. The first kappa shape index (κ1) is 23.1. The van der Waals surface area contributed by atoms with Gasteiger partial charge in [-0.15, -0.1) is 0 Å². The van der Waals surface area contributed by atoms with Crippen LogP contribution < -0.4 is 14.8 Å². The fourth-order valence-corrected chi connectivity index (χ4v) is 4.45. The Bertz CT molecular complexity index is 1040. The molecule has 0 atom stereocenters. The van der Waals surface area contributed by atoms with Crippen molar-refractivity contribution in [3.63, 3.8) is 0 Å². The number of anilines is 1. The number of thioether (sulfide) groups is 1. The number of benzene rings is 2. The van der Waals surface area contributed by atoms with Gasteiger partial charge in [0.1, 0.15) is 4.32 Å². The molecule has 0 aromatic heterocycles. The SMILES string of the molecule is COc1ccc(C=C2SC(=S)N(CCCC(=O)Nc3ccccc3Cl)C2=O)cc1OC. The molecule has 2 amide bonds. The number of amides is 2. The molecule has 1 heterocycles. The zero-order chi connectivity index (χ0) is 22.4. The van der Waals surface area contributed by atoms with Gasteiger partial charge >= 0.3 is 0 Å². The van der Waals surface area contributed by atoms with Crippen molar-refractivity contribution in [1.82, 2.24) is 4.90 Å². The molecule has 1 saturated heterocycles. The second-order valence-corrected chi connectivity index (χ2v) is 8.66. The first-order valence-corrected chi connectivity index (χ1v) is 11.0. The Hall–Kier alpha value is -2.55. The number of methoxy groups -OCH3 is 2. The lowest BCUT2D eigenvalue weighted by molar-refractivity contribution is -0.122. The fourth-order valence-electron chi connectivity index (χ4n) is 2.96. The Morgan fingerprint density at radius 3 is 2.65 bits per heavy atom. The summed E-state index contributed by atoms with van der Waals surface area (Å²) in [6, 6.07) is 12.5. The molecule has 6 nitrogen and oxygen atoms in total. The molecule has 1 aliphatic rings. The van der Waals surface area contributed by atoms with Crippen molar-refractivity contribution in [3.8, 4) is 11.5 Å². The minimum atomic E-state index is -0.170.